The molecule has 25 heavy (non-hydrogen) atoms. The highest BCUT2D eigenvalue weighted by Crippen LogP contribution is 2.29. The van der Waals surface area contributed by atoms with Crippen molar-refractivity contribution in [3.63, 3.8) is 0 Å². The third-order valence-electron chi connectivity index (χ3n) is 3.43. The molecule has 0 radical (unpaired) electrons. The van der Waals surface area contributed by atoms with E-state index in [9.17, 15) is 13.5 Å². The second kappa shape index (κ2) is 6.78. The van der Waals surface area contributed by atoms with Gasteiger partial charge in [0.25, 0.3) is 0 Å². The maximum absolute atomic E-state index is 12.0. The number of halogens is 2. The summed E-state index contributed by atoms with van der Waals surface area (Å²) in [6, 6.07) is 9.33. The summed E-state index contributed by atoms with van der Waals surface area (Å²) in [5.41, 5.74) is 1.05. The van der Waals surface area contributed by atoms with Gasteiger partial charge in [0, 0.05) is 21.3 Å². The van der Waals surface area contributed by atoms with Gasteiger partial charge in [0.2, 0.25) is 11.7 Å². The molecule has 1 N–H and O–H groups in total. The SMILES string of the molecule is CS(=O)(=O)c1ccc(Br)cc1-c1noc(Cc2ccc(O)cc2Cl)n1. The van der Waals surface area contributed by atoms with Crippen LogP contribution in [-0.2, 0) is 16.3 Å². The molecule has 0 bridgehead atoms. The maximum atomic E-state index is 12.0. The fraction of sp³-hybridized carbons (Fsp3) is 0.125. The minimum Gasteiger partial charge on any atom is -0.508 e. The first kappa shape index (κ1) is 17.9. The Labute approximate surface area is 157 Å². The van der Waals surface area contributed by atoms with Crippen molar-refractivity contribution in [2.45, 2.75) is 11.3 Å². The number of hydrogen-bond donors (Lipinski definition) is 1. The third-order valence-corrected chi connectivity index (χ3v) is 5.43. The molecular formula is C16H12BrClN2O4S. The number of nitrogens with zero attached hydrogens (tertiary/aromatic N) is 2. The van der Waals surface area contributed by atoms with E-state index in [4.69, 9.17) is 16.1 Å². The highest BCUT2D eigenvalue weighted by atomic mass is 79.9. The molecule has 0 saturated carbocycles. The molecule has 0 aliphatic heterocycles. The van der Waals surface area contributed by atoms with Crippen LogP contribution in [0.15, 0.2) is 50.3 Å². The van der Waals surface area contributed by atoms with Crippen LogP contribution in [0, 0.1) is 0 Å². The third kappa shape index (κ3) is 4.02. The number of phenolic OH excluding ortho intramolecular Hbond substituents is 1. The summed E-state index contributed by atoms with van der Waals surface area (Å²) < 4.78 is 29.9. The quantitative estimate of drug-likeness (QED) is 0.658. The molecule has 9 heteroatoms. The van der Waals surface area contributed by atoms with E-state index in [2.05, 4.69) is 26.1 Å². The van der Waals surface area contributed by atoms with Crippen LogP contribution >= 0.6 is 27.5 Å². The second-order valence-corrected chi connectivity index (χ2v) is 8.68. The lowest BCUT2D eigenvalue weighted by molar-refractivity contribution is 0.385. The van der Waals surface area contributed by atoms with Crippen molar-refractivity contribution < 1.29 is 18.0 Å². The minimum absolute atomic E-state index is 0.0619. The zero-order chi connectivity index (χ0) is 18.2. The lowest BCUT2D eigenvalue weighted by atomic mass is 10.1. The van der Waals surface area contributed by atoms with Crippen LogP contribution in [0.25, 0.3) is 11.4 Å². The van der Waals surface area contributed by atoms with Gasteiger partial charge in [-0.05, 0) is 35.9 Å². The number of aromatic hydroxyl groups is 1. The van der Waals surface area contributed by atoms with E-state index in [1.165, 1.54) is 18.2 Å². The van der Waals surface area contributed by atoms with Crippen LogP contribution < -0.4 is 0 Å². The molecule has 0 unspecified atom stereocenters. The monoisotopic (exact) mass is 442 g/mol. The normalized spacial score (nSPS) is 11.6. The Kier molecular flexibility index (Phi) is 4.86. The molecule has 1 aromatic heterocycles. The predicted molar refractivity (Wildman–Crippen MR) is 96.5 cm³/mol. The van der Waals surface area contributed by atoms with Gasteiger partial charge >= 0.3 is 0 Å². The zero-order valence-corrected chi connectivity index (χ0v) is 16.1. The van der Waals surface area contributed by atoms with Crippen molar-refractivity contribution in [3.8, 4) is 17.1 Å². The van der Waals surface area contributed by atoms with Crippen molar-refractivity contribution >= 4 is 37.4 Å². The Morgan fingerprint density at radius 2 is 2.00 bits per heavy atom. The van der Waals surface area contributed by atoms with Gasteiger partial charge < -0.3 is 9.63 Å². The molecule has 0 saturated heterocycles. The second-order valence-electron chi connectivity index (χ2n) is 5.38. The Balaban J connectivity index is 1.98. The highest BCUT2D eigenvalue weighted by molar-refractivity contribution is 9.10. The van der Waals surface area contributed by atoms with E-state index in [0.29, 0.717) is 20.6 Å². The predicted octanol–water partition coefficient (Wildman–Crippen LogP) is 3.85. The molecule has 1 heterocycles. The van der Waals surface area contributed by atoms with Gasteiger partial charge in [-0.3, -0.25) is 0 Å². The summed E-state index contributed by atoms with van der Waals surface area (Å²) in [6.45, 7) is 0. The minimum atomic E-state index is -3.45. The summed E-state index contributed by atoms with van der Waals surface area (Å²) in [7, 11) is -3.45. The van der Waals surface area contributed by atoms with E-state index in [1.807, 2.05) is 0 Å². The summed E-state index contributed by atoms with van der Waals surface area (Å²) in [5.74, 6) is 0.514. The molecule has 3 aromatic rings. The van der Waals surface area contributed by atoms with E-state index in [-0.39, 0.29) is 28.8 Å². The fourth-order valence-corrected chi connectivity index (χ4v) is 3.75. The molecule has 0 amide bonds. The number of rotatable bonds is 4. The van der Waals surface area contributed by atoms with E-state index in [1.54, 1.807) is 18.2 Å². The summed E-state index contributed by atoms with van der Waals surface area (Å²) in [6.07, 6.45) is 1.38. The van der Waals surface area contributed by atoms with Crippen LogP contribution in [0.5, 0.6) is 5.75 Å². The van der Waals surface area contributed by atoms with Crippen LogP contribution in [0.4, 0.5) is 0 Å². The van der Waals surface area contributed by atoms with Crippen LogP contribution in [0.1, 0.15) is 11.5 Å². The van der Waals surface area contributed by atoms with Gasteiger partial charge in [0.1, 0.15) is 5.75 Å². The molecule has 2 aromatic carbocycles. The van der Waals surface area contributed by atoms with Gasteiger partial charge in [0.15, 0.2) is 9.84 Å². The number of aromatic nitrogens is 2. The van der Waals surface area contributed by atoms with Crippen molar-refractivity contribution in [1.29, 1.82) is 0 Å². The van der Waals surface area contributed by atoms with Crippen LogP contribution in [0.3, 0.4) is 0 Å². The van der Waals surface area contributed by atoms with Crippen LogP contribution in [0.2, 0.25) is 5.02 Å². The molecule has 0 spiro atoms. The van der Waals surface area contributed by atoms with E-state index in [0.717, 1.165) is 6.26 Å². The standard InChI is InChI=1S/C16H12BrClN2O4S/c1-25(22,23)14-5-3-10(17)7-12(14)16-19-15(24-20-16)6-9-2-4-11(21)8-13(9)18/h2-5,7-8,21H,6H2,1H3. The van der Waals surface area contributed by atoms with E-state index < -0.39 is 9.84 Å². The van der Waals surface area contributed by atoms with Crippen molar-refractivity contribution in [2.24, 2.45) is 0 Å². The Hall–Kier alpha value is -1.90. The van der Waals surface area contributed by atoms with Crippen molar-refractivity contribution in [1.82, 2.24) is 10.1 Å². The Morgan fingerprint density at radius 3 is 2.68 bits per heavy atom. The average molecular weight is 444 g/mol. The number of phenols is 1. The van der Waals surface area contributed by atoms with E-state index >= 15 is 0 Å². The number of benzene rings is 2. The summed E-state index contributed by atoms with van der Waals surface area (Å²) in [5, 5.41) is 13.6. The largest absolute Gasteiger partial charge is 0.508 e. The zero-order valence-electron chi connectivity index (χ0n) is 12.9. The number of sulfone groups is 1. The summed E-state index contributed by atoms with van der Waals surface area (Å²) in [4.78, 5) is 4.39. The van der Waals surface area contributed by atoms with Gasteiger partial charge in [0.05, 0.1) is 11.3 Å². The molecule has 0 aliphatic carbocycles. The molecule has 6 nitrogen and oxygen atoms in total. The average Bonchev–Trinajstić information content (AvgIpc) is 2.97. The lowest BCUT2D eigenvalue weighted by Gasteiger charge is -2.04. The topological polar surface area (TPSA) is 93.3 Å². The highest BCUT2D eigenvalue weighted by Gasteiger charge is 2.19. The number of hydrogen-bond acceptors (Lipinski definition) is 6. The van der Waals surface area contributed by atoms with Gasteiger partial charge in [-0.1, -0.05) is 38.8 Å². The first-order valence-corrected chi connectivity index (χ1v) is 10.1. The van der Waals surface area contributed by atoms with Gasteiger partial charge in [-0.15, -0.1) is 0 Å². The summed E-state index contributed by atoms with van der Waals surface area (Å²) >= 11 is 9.39. The van der Waals surface area contributed by atoms with Crippen molar-refractivity contribution in [2.75, 3.05) is 6.26 Å². The van der Waals surface area contributed by atoms with Gasteiger partial charge in [-0.25, -0.2) is 8.42 Å². The fourth-order valence-electron chi connectivity index (χ4n) is 2.28. The Bertz CT molecular complexity index is 1050. The van der Waals surface area contributed by atoms with Crippen molar-refractivity contribution in [3.05, 3.63) is 57.3 Å². The van der Waals surface area contributed by atoms with Crippen LogP contribution in [-0.4, -0.2) is 29.9 Å². The molecule has 0 fully saturated rings. The molecular weight excluding hydrogens is 432 g/mol. The molecule has 0 aliphatic rings. The maximum Gasteiger partial charge on any atom is 0.231 e. The first-order chi connectivity index (χ1) is 11.7. The van der Waals surface area contributed by atoms with Gasteiger partial charge in [-0.2, -0.15) is 4.98 Å². The molecule has 3 rings (SSSR count). The molecule has 0 atom stereocenters. The first-order valence-electron chi connectivity index (χ1n) is 7.04. The lowest BCUT2D eigenvalue weighted by Crippen LogP contribution is -2.00. The molecule has 130 valence electrons. The smallest absolute Gasteiger partial charge is 0.231 e. The Morgan fingerprint density at radius 1 is 1.24 bits per heavy atom.